The highest BCUT2D eigenvalue weighted by atomic mass is 16.5. The Bertz CT molecular complexity index is 1210. The Labute approximate surface area is 258 Å². The number of rotatable bonds is 19. The lowest BCUT2D eigenvalue weighted by Gasteiger charge is -2.29. The summed E-state index contributed by atoms with van der Waals surface area (Å²) in [6.45, 7) is 7.51. The zero-order valence-corrected chi connectivity index (χ0v) is 26.8. The molecule has 1 amide bonds. The third kappa shape index (κ3) is 9.89. The number of carbonyl (C=O) groups is 3. The van der Waals surface area contributed by atoms with Gasteiger partial charge in [0.15, 0.2) is 5.78 Å². The van der Waals surface area contributed by atoms with Crippen molar-refractivity contribution in [3.8, 4) is 11.1 Å². The summed E-state index contributed by atoms with van der Waals surface area (Å²) in [7, 11) is 0. The monoisotopic (exact) mass is 588 g/mol. The molecule has 0 fully saturated rings. The quantitative estimate of drug-likeness (QED) is 0.127. The van der Waals surface area contributed by atoms with E-state index in [0.717, 1.165) is 57.8 Å². The maximum absolute atomic E-state index is 13.2. The standard InChI is InChI=1S/C37H52N2O4/c1-5-6-24-34(41)37(4,26-19-13-11-9-7-8-10-12-18-25-36(3,38)28(2)40)39-35(42)43-27-33-31-22-16-14-20-29(31)30-21-15-17-23-32(30)33/h8,10,14-17,20-23,33H,5-7,9,11-13,18-19,24-27,38H2,1-4H3,(H,39,42)/b10-8-/t36-,37-/m0/s1. The SMILES string of the molecule is CCCCC(=O)[C@](C)(CCCCCC/C=C\CCC[C@](C)(N)C(C)=O)NC(=O)OCC1c2ccccc2-c2ccccc21. The van der Waals surface area contributed by atoms with Gasteiger partial charge >= 0.3 is 6.09 Å². The van der Waals surface area contributed by atoms with Gasteiger partial charge in [0.1, 0.15) is 12.4 Å². The molecule has 0 aliphatic heterocycles. The zero-order valence-electron chi connectivity index (χ0n) is 26.8. The van der Waals surface area contributed by atoms with Crippen molar-refractivity contribution in [1.29, 1.82) is 0 Å². The number of hydrogen-bond acceptors (Lipinski definition) is 5. The van der Waals surface area contributed by atoms with Crippen LogP contribution in [0.25, 0.3) is 11.1 Å². The number of fused-ring (bicyclic) bond motifs is 3. The normalized spacial score (nSPS) is 15.4. The topological polar surface area (TPSA) is 98.5 Å². The second-order valence-electron chi connectivity index (χ2n) is 12.6. The molecular formula is C37H52N2O4. The minimum atomic E-state index is -0.936. The van der Waals surface area contributed by atoms with Gasteiger partial charge in [-0.3, -0.25) is 9.59 Å². The molecule has 0 bridgehead atoms. The van der Waals surface area contributed by atoms with Crippen LogP contribution in [0, 0.1) is 0 Å². The van der Waals surface area contributed by atoms with E-state index in [4.69, 9.17) is 10.5 Å². The Morgan fingerprint density at radius 2 is 1.42 bits per heavy atom. The first-order valence-corrected chi connectivity index (χ1v) is 16.2. The van der Waals surface area contributed by atoms with Gasteiger partial charge in [-0.25, -0.2) is 4.79 Å². The van der Waals surface area contributed by atoms with Gasteiger partial charge in [0.2, 0.25) is 0 Å². The van der Waals surface area contributed by atoms with Crippen molar-refractivity contribution >= 4 is 17.7 Å². The molecule has 1 aliphatic carbocycles. The van der Waals surface area contributed by atoms with E-state index in [-0.39, 0.29) is 24.1 Å². The lowest BCUT2D eigenvalue weighted by atomic mass is 9.87. The average molecular weight is 589 g/mol. The van der Waals surface area contributed by atoms with Crippen LogP contribution in [0.4, 0.5) is 4.79 Å². The fraction of sp³-hybridized carbons (Fsp3) is 0.541. The predicted molar refractivity (Wildman–Crippen MR) is 175 cm³/mol. The Kier molecular flexibility index (Phi) is 13.2. The third-order valence-electron chi connectivity index (χ3n) is 8.93. The number of Topliss-reactive ketones (excluding diaryl/α,β-unsaturated/α-hetero) is 2. The molecule has 2 aromatic carbocycles. The number of hydrogen-bond donors (Lipinski definition) is 2. The first kappa shape index (κ1) is 34.2. The first-order chi connectivity index (χ1) is 20.6. The van der Waals surface area contributed by atoms with Crippen LogP contribution in [0.15, 0.2) is 60.7 Å². The van der Waals surface area contributed by atoms with Crippen molar-refractivity contribution in [3.05, 3.63) is 71.8 Å². The van der Waals surface area contributed by atoms with Crippen molar-refractivity contribution in [1.82, 2.24) is 5.32 Å². The lowest BCUT2D eigenvalue weighted by molar-refractivity contribution is -0.125. The first-order valence-electron chi connectivity index (χ1n) is 16.2. The zero-order chi connectivity index (χ0) is 31.3. The predicted octanol–water partition coefficient (Wildman–Crippen LogP) is 8.42. The Morgan fingerprint density at radius 1 is 0.837 bits per heavy atom. The van der Waals surface area contributed by atoms with Gasteiger partial charge in [-0.1, -0.05) is 93.3 Å². The number of unbranched alkanes of at least 4 members (excludes halogenated alkanes) is 6. The molecule has 0 unspecified atom stereocenters. The van der Waals surface area contributed by atoms with E-state index < -0.39 is 17.2 Å². The Hall–Kier alpha value is -3.25. The summed E-state index contributed by atoms with van der Waals surface area (Å²) in [6.07, 6.45) is 14.2. The van der Waals surface area contributed by atoms with Crippen molar-refractivity contribution in [2.75, 3.05) is 6.61 Å². The van der Waals surface area contributed by atoms with Gasteiger partial charge in [-0.15, -0.1) is 0 Å². The maximum Gasteiger partial charge on any atom is 0.407 e. The van der Waals surface area contributed by atoms with E-state index in [0.29, 0.717) is 19.3 Å². The minimum Gasteiger partial charge on any atom is -0.449 e. The summed E-state index contributed by atoms with van der Waals surface area (Å²) < 4.78 is 5.79. The molecule has 1 aliphatic rings. The number of ketones is 2. The minimum absolute atomic E-state index is 0.0179. The fourth-order valence-corrected chi connectivity index (χ4v) is 5.84. The molecule has 0 saturated heterocycles. The number of carbonyl (C=O) groups excluding carboxylic acids is 3. The van der Waals surface area contributed by atoms with Crippen molar-refractivity contribution in [3.63, 3.8) is 0 Å². The molecule has 0 aromatic heterocycles. The summed E-state index contributed by atoms with van der Waals surface area (Å²) >= 11 is 0. The molecule has 6 nitrogen and oxygen atoms in total. The molecule has 43 heavy (non-hydrogen) atoms. The van der Waals surface area contributed by atoms with Gasteiger partial charge < -0.3 is 15.8 Å². The number of nitrogens with one attached hydrogen (secondary N) is 1. The van der Waals surface area contributed by atoms with Crippen LogP contribution in [-0.4, -0.2) is 35.3 Å². The van der Waals surface area contributed by atoms with Crippen LogP contribution >= 0.6 is 0 Å². The third-order valence-corrected chi connectivity index (χ3v) is 8.93. The van der Waals surface area contributed by atoms with E-state index in [2.05, 4.69) is 48.7 Å². The summed E-state index contributed by atoms with van der Waals surface area (Å²) in [5.41, 5.74) is 9.06. The van der Waals surface area contributed by atoms with Crippen LogP contribution in [0.1, 0.15) is 122 Å². The van der Waals surface area contributed by atoms with Gasteiger partial charge in [-0.05, 0) is 88.0 Å². The highest BCUT2D eigenvalue weighted by Gasteiger charge is 2.35. The highest BCUT2D eigenvalue weighted by molar-refractivity contribution is 5.91. The van der Waals surface area contributed by atoms with E-state index in [1.165, 1.54) is 22.3 Å². The fourth-order valence-electron chi connectivity index (χ4n) is 5.84. The molecule has 0 spiro atoms. The number of amides is 1. The average Bonchev–Trinajstić information content (AvgIpc) is 3.31. The second-order valence-corrected chi connectivity index (χ2v) is 12.6. The highest BCUT2D eigenvalue weighted by Crippen LogP contribution is 2.44. The van der Waals surface area contributed by atoms with Crippen molar-refractivity contribution in [2.45, 2.75) is 122 Å². The number of benzene rings is 2. The summed E-state index contributed by atoms with van der Waals surface area (Å²) in [5.74, 6) is 0.0907. The molecule has 6 heteroatoms. The van der Waals surface area contributed by atoms with Crippen LogP contribution in [-0.2, 0) is 14.3 Å². The van der Waals surface area contributed by atoms with Crippen LogP contribution in [0.2, 0.25) is 0 Å². The van der Waals surface area contributed by atoms with Crippen molar-refractivity contribution in [2.24, 2.45) is 5.73 Å². The van der Waals surface area contributed by atoms with Gasteiger partial charge in [0.25, 0.3) is 0 Å². The summed E-state index contributed by atoms with van der Waals surface area (Å²) in [4.78, 5) is 37.8. The summed E-state index contributed by atoms with van der Waals surface area (Å²) in [6, 6.07) is 16.5. The number of ether oxygens (including phenoxy) is 1. The van der Waals surface area contributed by atoms with E-state index in [1.807, 2.05) is 31.2 Å². The van der Waals surface area contributed by atoms with E-state index in [9.17, 15) is 14.4 Å². The Balaban J connectivity index is 1.44. The van der Waals surface area contributed by atoms with Gasteiger partial charge in [0, 0.05) is 12.3 Å². The van der Waals surface area contributed by atoms with Gasteiger partial charge in [-0.2, -0.15) is 0 Å². The maximum atomic E-state index is 13.2. The number of nitrogens with two attached hydrogens (primary N) is 1. The van der Waals surface area contributed by atoms with Gasteiger partial charge in [0.05, 0.1) is 11.1 Å². The number of allylic oxidation sites excluding steroid dienone is 2. The van der Waals surface area contributed by atoms with Crippen LogP contribution in [0.5, 0.6) is 0 Å². The lowest BCUT2D eigenvalue weighted by Crippen LogP contribution is -2.52. The van der Waals surface area contributed by atoms with E-state index >= 15 is 0 Å². The molecule has 2 atom stereocenters. The largest absolute Gasteiger partial charge is 0.449 e. The molecule has 0 radical (unpaired) electrons. The molecule has 0 heterocycles. The molecule has 3 N–H and O–H groups in total. The van der Waals surface area contributed by atoms with Crippen LogP contribution in [0.3, 0.4) is 0 Å². The molecule has 3 rings (SSSR count). The van der Waals surface area contributed by atoms with E-state index in [1.54, 1.807) is 13.8 Å². The van der Waals surface area contributed by atoms with Crippen LogP contribution < -0.4 is 11.1 Å². The molecule has 0 saturated carbocycles. The molecule has 2 aromatic rings. The smallest absolute Gasteiger partial charge is 0.407 e. The number of alkyl carbamates (subject to hydrolysis) is 1. The Morgan fingerprint density at radius 3 is 2.02 bits per heavy atom. The second kappa shape index (κ2) is 16.6. The summed E-state index contributed by atoms with van der Waals surface area (Å²) in [5, 5.41) is 2.97. The van der Waals surface area contributed by atoms with Crippen molar-refractivity contribution < 1.29 is 19.1 Å². The molecule has 234 valence electrons. The molecular weight excluding hydrogens is 536 g/mol.